The van der Waals surface area contributed by atoms with E-state index in [1.165, 1.54) is 12.1 Å². The molecule has 0 aromatic heterocycles. The van der Waals surface area contributed by atoms with Crippen LogP contribution in [0.3, 0.4) is 0 Å². The Morgan fingerprint density at radius 1 is 1.24 bits per heavy atom. The van der Waals surface area contributed by atoms with E-state index < -0.39 is 20.4 Å². The highest BCUT2D eigenvalue weighted by molar-refractivity contribution is 7.90. The summed E-state index contributed by atoms with van der Waals surface area (Å²) in [5, 5.41) is 14.7. The zero-order valence-corrected chi connectivity index (χ0v) is 17.9. The zero-order valence-electron chi connectivity index (χ0n) is 17.0. The molecule has 0 radical (unpaired) electrons. The molecule has 2 bridgehead atoms. The van der Waals surface area contributed by atoms with Crippen molar-refractivity contribution in [1.82, 2.24) is 4.90 Å². The highest BCUT2D eigenvalue weighted by Gasteiger charge is 2.45. The lowest BCUT2D eigenvalue weighted by atomic mass is 9.97. The minimum atomic E-state index is -3.54. The number of nitrogens with one attached hydrogen (secondary N) is 1. The minimum absolute atomic E-state index is 0.0236. The number of carbonyl (C=O) groups excluding carboxylic acids is 1. The van der Waals surface area contributed by atoms with Gasteiger partial charge in [-0.05, 0) is 58.6 Å². The van der Waals surface area contributed by atoms with Crippen LogP contribution in [0.2, 0.25) is 0 Å². The molecule has 160 valence electrons. The molecule has 3 atom stereocenters. The molecule has 0 aliphatic carbocycles. The first-order valence-electron chi connectivity index (χ1n) is 9.61. The number of nitro benzene ring substituents is 1. The summed E-state index contributed by atoms with van der Waals surface area (Å²) in [6, 6.07) is 3.90. The molecule has 0 saturated carbocycles. The number of rotatable bonds is 4. The van der Waals surface area contributed by atoms with Gasteiger partial charge in [0, 0.05) is 30.4 Å². The minimum Gasteiger partial charge on any atom is -0.444 e. The van der Waals surface area contributed by atoms with Crippen molar-refractivity contribution in [2.24, 2.45) is 0 Å². The summed E-state index contributed by atoms with van der Waals surface area (Å²) in [5.74, 6) is 0. The number of amides is 1. The summed E-state index contributed by atoms with van der Waals surface area (Å²) < 4.78 is 28.9. The topological polar surface area (TPSA) is 119 Å². The molecule has 2 aliphatic rings. The Hall–Kier alpha value is -2.36. The largest absolute Gasteiger partial charge is 0.444 e. The van der Waals surface area contributed by atoms with Gasteiger partial charge in [-0.15, -0.1) is 0 Å². The number of benzene rings is 1. The van der Waals surface area contributed by atoms with Crippen molar-refractivity contribution in [2.75, 3.05) is 11.6 Å². The van der Waals surface area contributed by atoms with Crippen LogP contribution in [0.4, 0.5) is 16.2 Å². The van der Waals surface area contributed by atoms with Gasteiger partial charge in [0.15, 0.2) is 9.84 Å². The molecular formula is C19H27N3O6S. The molecule has 1 N–H and O–H groups in total. The number of sulfone groups is 1. The Morgan fingerprint density at radius 2 is 1.83 bits per heavy atom. The number of hydrogen-bond donors (Lipinski definition) is 1. The molecule has 3 rings (SSSR count). The van der Waals surface area contributed by atoms with E-state index in [1.807, 2.05) is 25.7 Å². The van der Waals surface area contributed by atoms with E-state index >= 15 is 0 Å². The van der Waals surface area contributed by atoms with Crippen LogP contribution in [0, 0.1) is 10.1 Å². The van der Waals surface area contributed by atoms with Crippen LogP contribution in [-0.2, 0) is 14.6 Å². The first-order valence-corrected chi connectivity index (χ1v) is 11.5. The summed E-state index contributed by atoms with van der Waals surface area (Å²) in [5.41, 5.74) is -0.541. The molecule has 2 heterocycles. The third-order valence-corrected chi connectivity index (χ3v) is 6.40. The molecule has 1 aromatic rings. The molecule has 2 fully saturated rings. The van der Waals surface area contributed by atoms with E-state index in [2.05, 4.69) is 5.32 Å². The summed E-state index contributed by atoms with van der Waals surface area (Å²) in [6.07, 6.45) is 3.76. The highest BCUT2D eigenvalue weighted by Crippen LogP contribution is 2.39. The van der Waals surface area contributed by atoms with Crippen molar-refractivity contribution in [1.29, 1.82) is 0 Å². The fraction of sp³-hybridized carbons (Fsp3) is 0.632. The molecule has 29 heavy (non-hydrogen) atoms. The first kappa shape index (κ1) is 21.4. The van der Waals surface area contributed by atoms with Gasteiger partial charge in [0.1, 0.15) is 11.3 Å². The van der Waals surface area contributed by atoms with Crippen molar-refractivity contribution in [3.8, 4) is 0 Å². The van der Waals surface area contributed by atoms with E-state index in [1.54, 1.807) is 0 Å². The monoisotopic (exact) mass is 425 g/mol. The fourth-order valence-electron chi connectivity index (χ4n) is 4.14. The summed E-state index contributed by atoms with van der Waals surface area (Å²) in [4.78, 5) is 25.2. The lowest BCUT2D eigenvalue weighted by Gasteiger charge is -2.39. The number of carbonyl (C=O) groups is 1. The van der Waals surface area contributed by atoms with Crippen molar-refractivity contribution in [3.63, 3.8) is 0 Å². The third-order valence-electron chi connectivity index (χ3n) is 5.29. The molecule has 9 nitrogen and oxygen atoms in total. The molecule has 1 amide bonds. The smallest absolute Gasteiger partial charge is 0.410 e. The van der Waals surface area contributed by atoms with Crippen molar-refractivity contribution >= 4 is 27.3 Å². The average Bonchev–Trinajstić information content (AvgIpc) is 2.84. The Labute approximate surface area is 170 Å². The Morgan fingerprint density at radius 3 is 2.31 bits per heavy atom. The SMILES string of the molecule is CC(C)(C)OC(=O)N1[C@@H]2CC[C@H]1C[C@@H](Nc1ccc(S(C)(=O)=O)cc1[N+](=O)[O-])C2. The maximum absolute atomic E-state index is 12.6. The highest BCUT2D eigenvalue weighted by atomic mass is 32.2. The number of piperidine rings is 1. The van der Waals surface area contributed by atoms with Crippen LogP contribution in [0.1, 0.15) is 46.5 Å². The predicted molar refractivity (Wildman–Crippen MR) is 108 cm³/mol. The maximum Gasteiger partial charge on any atom is 0.410 e. The van der Waals surface area contributed by atoms with E-state index in [-0.39, 0.29) is 40.5 Å². The van der Waals surface area contributed by atoms with Gasteiger partial charge in [0.25, 0.3) is 5.69 Å². The lowest BCUT2D eigenvalue weighted by Crippen LogP contribution is -2.51. The number of nitro groups is 1. The normalized spacial score (nSPS) is 24.3. The van der Waals surface area contributed by atoms with Crippen LogP contribution in [0.5, 0.6) is 0 Å². The second-order valence-corrected chi connectivity index (χ2v) is 10.8. The maximum atomic E-state index is 12.6. The molecule has 2 aliphatic heterocycles. The second kappa shape index (κ2) is 7.47. The van der Waals surface area contributed by atoms with E-state index in [4.69, 9.17) is 4.74 Å². The van der Waals surface area contributed by atoms with Crippen molar-refractivity contribution in [3.05, 3.63) is 28.3 Å². The van der Waals surface area contributed by atoms with Gasteiger partial charge in [0.05, 0.1) is 9.82 Å². The summed E-state index contributed by atoms with van der Waals surface area (Å²) >= 11 is 0. The number of fused-ring (bicyclic) bond motifs is 2. The quantitative estimate of drug-likeness (QED) is 0.580. The molecular weight excluding hydrogens is 398 g/mol. The van der Waals surface area contributed by atoms with Gasteiger partial charge in [0.2, 0.25) is 0 Å². The van der Waals surface area contributed by atoms with Gasteiger partial charge < -0.3 is 15.0 Å². The standard InChI is InChI=1S/C19H27N3O6S/c1-19(2,3)28-18(23)21-13-5-6-14(21)10-12(9-13)20-16-8-7-15(29(4,26)27)11-17(16)22(24)25/h7-8,11-14,20H,5-6,9-10H2,1-4H3/t12-,13+,14-. The predicted octanol–water partition coefficient (Wildman–Crippen LogP) is 3.34. The number of hydrogen-bond acceptors (Lipinski definition) is 7. The van der Waals surface area contributed by atoms with E-state index in [0.29, 0.717) is 12.8 Å². The first-order chi connectivity index (χ1) is 13.3. The van der Waals surface area contributed by atoms with Crippen LogP contribution < -0.4 is 5.32 Å². The molecule has 1 aromatic carbocycles. The molecule has 0 unspecified atom stereocenters. The second-order valence-electron chi connectivity index (χ2n) is 8.79. The number of anilines is 1. The molecule has 2 saturated heterocycles. The average molecular weight is 426 g/mol. The Kier molecular flexibility index (Phi) is 5.50. The van der Waals surface area contributed by atoms with E-state index in [9.17, 15) is 23.3 Å². The number of nitrogens with zero attached hydrogens (tertiary/aromatic N) is 2. The lowest BCUT2D eigenvalue weighted by molar-refractivity contribution is -0.384. The summed E-state index contributed by atoms with van der Waals surface area (Å²) in [6.45, 7) is 5.50. The Bertz CT molecular complexity index is 910. The fourth-order valence-corrected chi connectivity index (χ4v) is 4.78. The molecule has 10 heteroatoms. The van der Waals surface area contributed by atoms with Crippen LogP contribution >= 0.6 is 0 Å². The molecule has 0 spiro atoms. The van der Waals surface area contributed by atoms with Gasteiger partial charge in [-0.1, -0.05) is 0 Å². The van der Waals surface area contributed by atoms with Gasteiger partial charge in [-0.2, -0.15) is 0 Å². The number of ether oxygens (including phenoxy) is 1. The van der Waals surface area contributed by atoms with Crippen LogP contribution in [0.15, 0.2) is 23.1 Å². The Balaban J connectivity index is 1.75. The van der Waals surface area contributed by atoms with Gasteiger partial charge in [-0.25, -0.2) is 13.2 Å². The third kappa shape index (κ3) is 4.80. The van der Waals surface area contributed by atoms with E-state index in [0.717, 1.165) is 25.2 Å². The van der Waals surface area contributed by atoms with Crippen LogP contribution in [-0.4, -0.2) is 54.3 Å². The van der Waals surface area contributed by atoms with Crippen molar-refractivity contribution < 1.29 is 22.9 Å². The summed E-state index contributed by atoms with van der Waals surface area (Å²) in [7, 11) is -3.54. The van der Waals surface area contributed by atoms with Crippen molar-refractivity contribution in [2.45, 2.75) is 75.1 Å². The zero-order chi connectivity index (χ0) is 21.6. The van der Waals surface area contributed by atoms with Gasteiger partial charge >= 0.3 is 6.09 Å². The van der Waals surface area contributed by atoms with Crippen LogP contribution in [0.25, 0.3) is 0 Å². The van der Waals surface area contributed by atoms with Gasteiger partial charge in [-0.3, -0.25) is 10.1 Å².